The molecule has 0 radical (unpaired) electrons. The zero-order valence-electron chi connectivity index (χ0n) is 23.5. The summed E-state index contributed by atoms with van der Waals surface area (Å²) in [5.41, 5.74) is 9.46. The Labute approximate surface area is 242 Å². The molecule has 1 fully saturated rings. The van der Waals surface area contributed by atoms with E-state index in [1.165, 1.54) is 18.7 Å². The number of carbonyl (C=O) groups is 1. The number of piperazine rings is 1. The van der Waals surface area contributed by atoms with Gasteiger partial charge in [-0.15, -0.1) is 0 Å². The number of benzene rings is 2. The number of nitrogens with zero attached hydrogens (tertiary/aromatic N) is 4. The van der Waals surface area contributed by atoms with E-state index >= 15 is 0 Å². The van der Waals surface area contributed by atoms with Crippen molar-refractivity contribution < 1.29 is 9.53 Å². The van der Waals surface area contributed by atoms with Crippen LogP contribution in [0.25, 0.3) is 33.3 Å². The molecule has 0 bridgehead atoms. The van der Waals surface area contributed by atoms with E-state index in [1.54, 1.807) is 12.3 Å². The monoisotopic (exact) mass is 564 g/mol. The summed E-state index contributed by atoms with van der Waals surface area (Å²) in [6, 6.07) is 21.9. The molecule has 1 saturated heterocycles. The highest BCUT2D eigenvalue weighted by Gasteiger charge is 2.29. The number of hydrogen-bond acceptors (Lipinski definition) is 9. The van der Waals surface area contributed by atoms with Gasteiger partial charge < -0.3 is 15.4 Å². The van der Waals surface area contributed by atoms with Crippen LogP contribution in [0.5, 0.6) is 5.75 Å². The molecule has 3 aromatic carbocycles. The van der Waals surface area contributed by atoms with Gasteiger partial charge in [0.15, 0.2) is 5.75 Å². The SMILES string of the molecule is CN.COc1c(N2CCN(Cc3ccc(-c4nc5ccn(C=O)c(=N)c5cc4-c4ccccc4)cc3)CC2)c(=O)c1=O. The maximum atomic E-state index is 12.0. The van der Waals surface area contributed by atoms with Crippen molar-refractivity contribution in [3.63, 3.8) is 0 Å². The Morgan fingerprint density at radius 3 is 2.26 bits per heavy atom. The summed E-state index contributed by atoms with van der Waals surface area (Å²) in [5, 5.41) is 9.06. The summed E-state index contributed by atoms with van der Waals surface area (Å²) in [6.45, 7) is 3.61. The van der Waals surface area contributed by atoms with E-state index < -0.39 is 10.9 Å². The number of nitrogens with one attached hydrogen (secondary N) is 1. The zero-order valence-corrected chi connectivity index (χ0v) is 23.5. The first kappa shape index (κ1) is 28.6. The molecule has 3 N–H and O–H groups in total. The average Bonchev–Trinajstić information content (AvgIpc) is 3.05. The van der Waals surface area contributed by atoms with Crippen LogP contribution in [0, 0.1) is 5.41 Å². The van der Waals surface area contributed by atoms with Gasteiger partial charge >= 0.3 is 0 Å². The van der Waals surface area contributed by atoms with Crippen molar-refractivity contribution in [3.8, 4) is 28.1 Å². The third-order valence-corrected chi connectivity index (χ3v) is 7.53. The standard InChI is InChI=1S/C31H27N5O4.CH5N/c1-40-30-27(28(38)29(30)39)35-15-13-34(14-16-35)18-20-7-9-22(10-8-20)26-23(21-5-3-2-4-6-21)17-24-25(33-26)11-12-36(19-37)31(24)32;1-2/h2-12,17,19,32H,13-16,18H2,1H3;2H2,1H3. The van der Waals surface area contributed by atoms with Crippen LogP contribution >= 0.6 is 0 Å². The molecule has 0 spiro atoms. The van der Waals surface area contributed by atoms with Crippen LogP contribution in [0.15, 0.2) is 82.5 Å². The number of fused-ring (bicyclic) bond motifs is 1. The zero-order chi connectivity index (χ0) is 29.8. The molecule has 0 aliphatic carbocycles. The van der Waals surface area contributed by atoms with Gasteiger partial charge in [0, 0.05) is 55.4 Å². The number of nitrogens with two attached hydrogens (primary N) is 1. The number of pyridine rings is 2. The fourth-order valence-corrected chi connectivity index (χ4v) is 5.35. The number of hydrogen-bond donors (Lipinski definition) is 2. The molecule has 3 heterocycles. The molecule has 0 amide bonds. The summed E-state index contributed by atoms with van der Waals surface area (Å²) >= 11 is 0. The summed E-state index contributed by atoms with van der Waals surface area (Å²) in [4.78, 5) is 44.3. The van der Waals surface area contributed by atoms with E-state index in [0.29, 0.717) is 36.1 Å². The molecule has 1 aliphatic rings. The predicted octanol–water partition coefficient (Wildman–Crippen LogP) is 2.39. The van der Waals surface area contributed by atoms with Crippen LogP contribution in [-0.4, -0.2) is 61.2 Å². The highest BCUT2D eigenvalue weighted by atomic mass is 16.5. The van der Waals surface area contributed by atoms with Gasteiger partial charge in [-0.1, -0.05) is 54.6 Å². The smallest absolute Gasteiger partial charge is 0.272 e. The largest absolute Gasteiger partial charge is 0.491 e. The van der Waals surface area contributed by atoms with Crippen molar-refractivity contribution in [1.29, 1.82) is 5.41 Å². The van der Waals surface area contributed by atoms with E-state index in [4.69, 9.17) is 15.1 Å². The first-order valence-corrected chi connectivity index (χ1v) is 13.6. The summed E-state index contributed by atoms with van der Waals surface area (Å²) < 4.78 is 6.35. The van der Waals surface area contributed by atoms with E-state index in [1.807, 2.05) is 41.3 Å². The van der Waals surface area contributed by atoms with Gasteiger partial charge in [0.2, 0.25) is 6.41 Å². The Hall–Kier alpha value is -4.93. The summed E-state index contributed by atoms with van der Waals surface area (Å²) in [5.74, 6) is 0.174. The molecule has 0 unspecified atom stereocenters. The number of carbonyl (C=O) groups excluding carboxylic acids is 1. The molecular formula is C32H32N6O4. The maximum absolute atomic E-state index is 12.0. The highest BCUT2D eigenvalue weighted by molar-refractivity contribution is 5.91. The van der Waals surface area contributed by atoms with Crippen molar-refractivity contribution >= 4 is 23.0 Å². The van der Waals surface area contributed by atoms with Gasteiger partial charge in [-0.3, -0.25) is 29.3 Å². The van der Waals surface area contributed by atoms with Crippen molar-refractivity contribution in [2.45, 2.75) is 6.54 Å². The third-order valence-electron chi connectivity index (χ3n) is 7.53. The molecule has 2 aromatic heterocycles. The molecule has 5 aromatic rings. The number of anilines is 1. The molecule has 0 saturated carbocycles. The minimum atomic E-state index is -0.541. The molecule has 214 valence electrons. The first-order chi connectivity index (χ1) is 20.5. The molecule has 10 nitrogen and oxygen atoms in total. The fraction of sp³-hybridized carbons (Fsp3) is 0.219. The summed E-state index contributed by atoms with van der Waals surface area (Å²) in [6.07, 6.45) is 2.18. The lowest BCUT2D eigenvalue weighted by Crippen LogP contribution is -2.50. The van der Waals surface area contributed by atoms with E-state index in [2.05, 4.69) is 34.9 Å². The molecular weight excluding hydrogens is 532 g/mol. The number of aromatic nitrogens is 2. The maximum Gasteiger partial charge on any atom is 0.272 e. The lowest BCUT2D eigenvalue weighted by atomic mass is 9.97. The first-order valence-electron chi connectivity index (χ1n) is 13.6. The second-order valence-corrected chi connectivity index (χ2v) is 9.86. The van der Waals surface area contributed by atoms with E-state index in [9.17, 15) is 14.4 Å². The second-order valence-electron chi connectivity index (χ2n) is 9.86. The van der Waals surface area contributed by atoms with E-state index in [-0.39, 0.29) is 11.2 Å². The fourth-order valence-electron chi connectivity index (χ4n) is 5.35. The van der Waals surface area contributed by atoms with Crippen LogP contribution in [-0.2, 0) is 11.3 Å². The minimum absolute atomic E-state index is 0.0992. The van der Waals surface area contributed by atoms with Crippen LogP contribution < -0.4 is 31.7 Å². The van der Waals surface area contributed by atoms with Crippen molar-refractivity contribution in [3.05, 3.63) is 104 Å². The Bertz CT molecular complexity index is 1850. The normalized spacial score (nSPS) is 13.5. The predicted molar refractivity (Wildman–Crippen MR) is 164 cm³/mol. The number of ether oxygens (including phenoxy) is 1. The van der Waals surface area contributed by atoms with E-state index in [0.717, 1.165) is 47.6 Å². The van der Waals surface area contributed by atoms with Crippen molar-refractivity contribution in [1.82, 2.24) is 14.5 Å². The summed E-state index contributed by atoms with van der Waals surface area (Å²) in [7, 11) is 2.92. The lowest BCUT2D eigenvalue weighted by molar-refractivity contribution is 0.248. The Kier molecular flexibility index (Phi) is 8.37. The Morgan fingerprint density at radius 2 is 1.62 bits per heavy atom. The second kappa shape index (κ2) is 12.3. The quantitative estimate of drug-likeness (QED) is 0.227. The van der Waals surface area contributed by atoms with Crippen molar-refractivity contribution in [2.24, 2.45) is 5.73 Å². The topological polar surface area (TPSA) is 135 Å². The third kappa shape index (κ3) is 5.25. The molecule has 6 rings (SSSR count). The molecule has 0 atom stereocenters. The van der Waals surface area contributed by atoms with Crippen LogP contribution in [0.4, 0.5) is 5.69 Å². The van der Waals surface area contributed by atoms with Gasteiger partial charge in [-0.2, -0.15) is 0 Å². The van der Waals surface area contributed by atoms with Crippen LogP contribution in [0.2, 0.25) is 0 Å². The van der Waals surface area contributed by atoms with Gasteiger partial charge in [0.25, 0.3) is 10.9 Å². The Balaban J connectivity index is 0.00000173. The highest BCUT2D eigenvalue weighted by Crippen LogP contribution is 2.33. The lowest BCUT2D eigenvalue weighted by Gasteiger charge is -2.36. The average molecular weight is 565 g/mol. The number of rotatable bonds is 7. The van der Waals surface area contributed by atoms with Gasteiger partial charge in [0.05, 0.1) is 18.3 Å². The van der Waals surface area contributed by atoms with Gasteiger partial charge in [-0.05, 0) is 30.3 Å². The Morgan fingerprint density at radius 1 is 0.929 bits per heavy atom. The van der Waals surface area contributed by atoms with Gasteiger partial charge in [0.1, 0.15) is 11.2 Å². The molecule has 42 heavy (non-hydrogen) atoms. The van der Waals surface area contributed by atoms with Crippen LogP contribution in [0.1, 0.15) is 5.56 Å². The minimum Gasteiger partial charge on any atom is -0.491 e. The van der Waals surface area contributed by atoms with Crippen LogP contribution in [0.3, 0.4) is 0 Å². The van der Waals surface area contributed by atoms with Gasteiger partial charge in [-0.25, -0.2) is 4.98 Å². The molecule has 1 aliphatic heterocycles. The number of methoxy groups -OCH3 is 1. The van der Waals surface area contributed by atoms with Crippen molar-refractivity contribution in [2.75, 3.05) is 45.2 Å². The molecule has 10 heteroatoms.